The molecule has 0 atom stereocenters. The third kappa shape index (κ3) is 9.18. The molecule has 2 nitrogen and oxygen atoms in total. The number of thiol groups is 1. The first-order valence-electron chi connectivity index (χ1n) is 5.13. The number of carbonyl (C=O) groups is 1. The van der Waals surface area contributed by atoms with Crippen LogP contribution in [0.3, 0.4) is 0 Å². The fourth-order valence-corrected chi connectivity index (χ4v) is 1.30. The number of hydrogen-bond acceptors (Lipinski definition) is 3. The van der Waals surface area contributed by atoms with Crippen molar-refractivity contribution in [1.82, 2.24) is 0 Å². The molecular formula is C10H21O2SSn. The molecule has 1 saturated carbocycles. The summed E-state index contributed by atoms with van der Waals surface area (Å²) in [7, 11) is 0. The first-order chi connectivity index (χ1) is 6.56. The standard InChI is InChI=1S/C7H12O2S.3CH3.Sn/c8-7(5-10)9-6-3-1-2-4-6;;;;/h6,10H,1-5H2;3*1H3;. The molecule has 0 aromatic heterocycles. The second-order valence-corrected chi connectivity index (χ2v) is 12.9. The van der Waals surface area contributed by atoms with Crippen LogP contribution < -0.4 is 0 Å². The van der Waals surface area contributed by atoms with Crippen LogP contribution in [0.4, 0.5) is 0 Å². The Labute approximate surface area is 99.9 Å². The van der Waals surface area contributed by atoms with Crippen molar-refractivity contribution in [3.63, 3.8) is 0 Å². The van der Waals surface area contributed by atoms with Crippen molar-refractivity contribution in [2.75, 3.05) is 5.75 Å². The summed E-state index contributed by atoms with van der Waals surface area (Å²) in [4.78, 5) is 17.8. The van der Waals surface area contributed by atoms with Gasteiger partial charge >= 0.3 is 40.5 Å². The average molecular weight is 324 g/mol. The number of carbonyl (C=O) groups excluding carboxylic acids is 1. The van der Waals surface area contributed by atoms with Crippen LogP contribution in [-0.4, -0.2) is 37.6 Å². The zero-order valence-corrected chi connectivity index (χ0v) is 13.1. The molecular weight excluding hydrogens is 303 g/mol. The van der Waals surface area contributed by atoms with Crippen LogP contribution in [0.5, 0.6) is 0 Å². The van der Waals surface area contributed by atoms with E-state index in [1.165, 1.54) is 12.8 Å². The third-order valence-electron chi connectivity index (χ3n) is 1.73. The van der Waals surface area contributed by atoms with E-state index in [4.69, 9.17) is 4.74 Å². The number of ether oxygens (including phenoxy) is 1. The van der Waals surface area contributed by atoms with Gasteiger partial charge in [0.25, 0.3) is 0 Å². The SMILES string of the molecule is O=C(CS)OC1CCCC1.[CH3][Sn]([CH3])[CH3]. The fraction of sp³-hybridized carbons (Fsp3) is 0.900. The molecule has 0 N–H and O–H groups in total. The molecule has 0 heterocycles. The van der Waals surface area contributed by atoms with Gasteiger partial charge in [-0.1, -0.05) is 0 Å². The first kappa shape index (κ1) is 14.6. The van der Waals surface area contributed by atoms with Gasteiger partial charge in [0.2, 0.25) is 0 Å². The van der Waals surface area contributed by atoms with Crippen LogP contribution in [0.15, 0.2) is 0 Å². The van der Waals surface area contributed by atoms with E-state index < -0.39 is 19.8 Å². The Hall–Kier alpha value is 0.619. The Morgan fingerprint density at radius 3 is 2.14 bits per heavy atom. The Morgan fingerprint density at radius 1 is 1.36 bits per heavy atom. The van der Waals surface area contributed by atoms with E-state index in [0.717, 1.165) is 12.8 Å². The van der Waals surface area contributed by atoms with Gasteiger partial charge in [-0.05, 0) is 25.7 Å². The molecule has 0 aromatic rings. The molecule has 0 spiro atoms. The van der Waals surface area contributed by atoms with E-state index in [9.17, 15) is 4.79 Å². The summed E-state index contributed by atoms with van der Waals surface area (Å²) in [6.45, 7) is 0. The average Bonchev–Trinajstić information content (AvgIpc) is 2.55. The van der Waals surface area contributed by atoms with Gasteiger partial charge < -0.3 is 4.74 Å². The Kier molecular flexibility index (Phi) is 9.28. The Balaban J connectivity index is 0.000000364. The van der Waals surface area contributed by atoms with Crippen molar-refractivity contribution in [1.29, 1.82) is 0 Å². The van der Waals surface area contributed by atoms with Gasteiger partial charge in [0, 0.05) is 0 Å². The molecule has 1 aliphatic carbocycles. The second kappa shape index (κ2) is 8.89. The van der Waals surface area contributed by atoms with Crippen LogP contribution >= 0.6 is 12.6 Å². The summed E-state index contributed by atoms with van der Waals surface area (Å²) in [6, 6.07) is 0. The van der Waals surface area contributed by atoms with E-state index >= 15 is 0 Å². The van der Waals surface area contributed by atoms with Crippen LogP contribution in [-0.2, 0) is 9.53 Å². The quantitative estimate of drug-likeness (QED) is 0.480. The van der Waals surface area contributed by atoms with Crippen molar-refractivity contribution < 1.29 is 9.53 Å². The summed E-state index contributed by atoms with van der Waals surface area (Å²) in [5, 5.41) is 0. The molecule has 4 heteroatoms. The normalized spacial score (nSPS) is 16.4. The fourth-order valence-electron chi connectivity index (χ4n) is 1.23. The topological polar surface area (TPSA) is 26.3 Å². The van der Waals surface area contributed by atoms with Gasteiger partial charge in [-0.3, -0.25) is 4.79 Å². The second-order valence-electron chi connectivity index (χ2n) is 4.05. The van der Waals surface area contributed by atoms with Crippen LogP contribution in [0.2, 0.25) is 14.8 Å². The molecule has 0 aliphatic heterocycles. The number of hydrogen-bond donors (Lipinski definition) is 1. The number of esters is 1. The summed E-state index contributed by atoms with van der Waals surface area (Å²) >= 11 is 3.27. The maximum absolute atomic E-state index is 10.7. The zero-order valence-electron chi connectivity index (χ0n) is 9.38. The van der Waals surface area contributed by atoms with E-state index in [2.05, 4.69) is 27.4 Å². The molecule has 14 heavy (non-hydrogen) atoms. The van der Waals surface area contributed by atoms with Gasteiger partial charge in [-0.2, -0.15) is 12.6 Å². The molecule has 0 amide bonds. The first-order valence-corrected chi connectivity index (χ1v) is 14.3. The maximum atomic E-state index is 10.7. The van der Waals surface area contributed by atoms with Crippen molar-refractivity contribution in [2.45, 2.75) is 46.6 Å². The van der Waals surface area contributed by atoms with Crippen LogP contribution in [0, 0.1) is 0 Å². The number of rotatable bonds is 2. The summed E-state index contributed by atoms with van der Waals surface area (Å²) < 4.78 is 5.05. The van der Waals surface area contributed by atoms with Gasteiger partial charge in [-0.25, -0.2) is 0 Å². The Bertz CT molecular complexity index is 153. The minimum absolute atomic E-state index is 0.185. The van der Waals surface area contributed by atoms with E-state index in [1.54, 1.807) is 0 Å². The summed E-state index contributed by atoms with van der Waals surface area (Å²) in [5.41, 5.74) is 0. The van der Waals surface area contributed by atoms with Crippen LogP contribution in [0.1, 0.15) is 25.7 Å². The molecule has 83 valence electrons. The summed E-state index contributed by atoms with van der Waals surface area (Å²) in [6.07, 6.45) is 4.67. The molecule has 1 aliphatic rings. The van der Waals surface area contributed by atoms with Crippen molar-refractivity contribution in [3.8, 4) is 0 Å². The minimum atomic E-state index is -0.543. The van der Waals surface area contributed by atoms with Gasteiger partial charge in [0.05, 0.1) is 5.75 Å². The molecule has 0 aromatic carbocycles. The van der Waals surface area contributed by atoms with Crippen molar-refractivity contribution in [2.24, 2.45) is 0 Å². The molecule has 1 radical (unpaired) electrons. The van der Waals surface area contributed by atoms with Gasteiger partial charge in [0.15, 0.2) is 0 Å². The van der Waals surface area contributed by atoms with E-state index in [0.29, 0.717) is 0 Å². The molecule has 1 rings (SSSR count). The Morgan fingerprint density at radius 2 is 1.79 bits per heavy atom. The zero-order chi connectivity index (χ0) is 11.0. The van der Waals surface area contributed by atoms with Crippen molar-refractivity contribution in [3.05, 3.63) is 0 Å². The molecule has 0 bridgehead atoms. The third-order valence-corrected chi connectivity index (χ3v) is 1.99. The summed E-state index contributed by atoms with van der Waals surface area (Å²) in [5.74, 6) is 0.0199. The van der Waals surface area contributed by atoms with E-state index in [1.807, 2.05) is 0 Å². The molecule has 1 fully saturated rings. The van der Waals surface area contributed by atoms with Gasteiger partial charge in [-0.15, -0.1) is 0 Å². The predicted octanol–water partition coefficient (Wildman–Crippen LogP) is 2.77. The predicted molar refractivity (Wildman–Crippen MR) is 65.5 cm³/mol. The van der Waals surface area contributed by atoms with Crippen molar-refractivity contribution >= 4 is 38.4 Å². The monoisotopic (exact) mass is 325 g/mol. The van der Waals surface area contributed by atoms with E-state index in [-0.39, 0.29) is 17.8 Å². The molecule has 0 unspecified atom stereocenters. The van der Waals surface area contributed by atoms with Gasteiger partial charge in [0.1, 0.15) is 6.10 Å². The van der Waals surface area contributed by atoms with Crippen LogP contribution in [0.25, 0.3) is 0 Å². The molecule has 0 saturated heterocycles.